The van der Waals surface area contributed by atoms with Crippen LogP contribution < -0.4 is 5.32 Å². The largest absolute Gasteiger partial charge is 0.418 e. The Morgan fingerprint density at radius 2 is 1.67 bits per heavy atom. The number of nitrogens with zero attached hydrogens (tertiary/aromatic N) is 1. The van der Waals surface area contributed by atoms with Gasteiger partial charge in [0.2, 0.25) is 0 Å². The van der Waals surface area contributed by atoms with Gasteiger partial charge in [-0.15, -0.1) is 0 Å². The highest BCUT2D eigenvalue weighted by molar-refractivity contribution is 6.31. The van der Waals surface area contributed by atoms with E-state index < -0.39 is 23.5 Å². The normalized spacial score (nSPS) is 12.3. The smallest absolute Gasteiger partial charge is 0.384 e. The summed E-state index contributed by atoms with van der Waals surface area (Å²) in [5.41, 5.74) is -1.75. The fourth-order valence-electron chi connectivity index (χ4n) is 2.01. The number of halogens is 7. The second-order valence-electron chi connectivity index (χ2n) is 4.87. The van der Waals surface area contributed by atoms with Crippen molar-refractivity contribution in [3.8, 4) is 0 Å². The Balaban J connectivity index is 2.06. The van der Waals surface area contributed by atoms with E-state index in [1.165, 1.54) is 18.2 Å². The number of rotatable bonds is 4. The molecule has 24 heavy (non-hydrogen) atoms. The van der Waals surface area contributed by atoms with Gasteiger partial charge in [0.15, 0.2) is 0 Å². The molecule has 9 heteroatoms. The van der Waals surface area contributed by atoms with Crippen molar-refractivity contribution in [3.05, 3.63) is 58.4 Å². The molecule has 0 bridgehead atoms. The van der Waals surface area contributed by atoms with Crippen LogP contribution in [0.4, 0.5) is 32.0 Å². The van der Waals surface area contributed by atoms with Crippen molar-refractivity contribution in [2.75, 3.05) is 11.9 Å². The molecule has 1 N–H and O–H groups in total. The molecule has 2 nitrogen and oxygen atoms in total. The van der Waals surface area contributed by atoms with Gasteiger partial charge in [0.05, 0.1) is 21.8 Å². The molecule has 2 rings (SSSR count). The molecule has 0 saturated heterocycles. The molecule has 0 saturated carbocycles. The van der Waals surface area contributed by atoms with Crippen molar-refractivity contribution in [2.24, 2.45) is 0 Å². The third-order valence-corrected chi connectivity index (χ3v) is 3.48. The molecule has 0 aliphatic carbocycles. The van der Waals surface area contributed by atoms with Crippen LogP contribution >= 0.6 is 11.6 Å². The number of para-hydroxylation sites is 1. The zero-order valence-corrected chi connectivity index (χ0v) is 12.7. The molecule has 0 amide bonds. The van der Waals surface area contributed by atoms with Gasteiger partial charge in [-0.05, 0) is 18.2 Å². The topological polar surface area (TPSA) is 24.9 Å². The number of nitrogens with one attached hydrogen (secondary N) is 1. The molecule has 0 unspecified atom stereocenters. The van der Waals surface area contributed by atoms with E-state index in [4.69, 9.17) is 11.6 Å². The van der Waals surface area contributed by atoms with E-state index in [2.05, 4.69) is 10.3 Å². The van der Waals surface area contributed by atoms with Crippen LogP contribution in [0.3, 0.4) is 0 Å². The quantitative estimate of drug-likeness (QED) is 0.728. The van der Waals surface area contributed by atoms with Crippen molar-refractivity contribution in [2.45, 2.75) is 18.8 Å². The van der Waals surface area contributed by atoms with Gasteiger partial charge in [0.25, 0.3) is 0 Å². The molecule has 0 aliphatic rings. The first-order valence-electron chi connectivity index (χ1n) is 6.71. The van der Waals surface area contributed by atoms with Gasteiger partial charge in [-0.2, -0.15) is 26.3 Å². The third kappa shape index (κ3) is 4.53. The molecule has 1 aromatic heterocycles. The van der Waals surface area contributed by atoms with E-state index in [0.717, 1.165) is 12.1 Å². The van der Waals surface area contributed by atoms with Crippen molar-refractivity contribution >= 4 is 17.3 Å². The van der Waals surface area contributed by atoms with Crippen LogP contribution in [0, 0.1) is 0 Å². The van der Waals surface area contributed by atoms with E-state index >= 15 is 0 Å². The van der Waals surface area contributed by atoms with Crippen LogP contribution in [0.2, 0.25) is 5.02 Å². The Hall–Kier alpha value is -1.96. The predicted molar refractivity (Wildman–Crippen MR) is 77.9 cm³/mol. The number of aromatic nitrogens is 1. The summed E-state index contributed by atoms with van der Waals surface area (Å²) < 4.78 is 76.1. The Bertz CT molecular complexity index is 712. The molecule has 0 fully saturated rings. The highest BCUT2D eigenvalue weighted by Gasteiger charge is 2.33. The van der Waals surface area contributed by atoms with Crippen molar-refractivity contribution < 1.29 is 26.3 Å². The number of hydrogen-bond acceptors (Lipinski definition) is 2. The fourth-order valence-corrected chi connectivity index (χ4v) is 2.27. The summed E-state index contributed by atoms with van der Waals surface area (Å²) in [6, 6.07) is 5.66. The lowest BCUT2D eigenvalue weighted by Gasteiger charge is -2.14. The summed E-state index contributed by atoms with van der Waals surface area (Å²) >= 11 is 5.75. The zero-order chi connectivity index (χ0) is 18.0. The predicted octanol–water partition coefficient (Wildman–Crippen LogP) is 5.43. The lowest BCUT2D eigenvalue weighted by molar-refractivity contribution is -0.138. The molecule has 0 radical (unpaired) electrons. The summed E-state index contributed by atoms with van der Waals surface area (Å²) in [7, 11) is 0. The minimum absolute atomic E-state index is 0.0329. The monoisotopic (exact) mass is 368 g/mol. The molecule has 0 aliphatic heterocycles. The van der Waals surface area contributed by atoms with Gasteiger partial charge in [-0.25, -0.2) is 0 Å². The lowest BCUT2D eigenvalue weighted by Crippen LogP contribution is -2.13. The summed E-state index contributed by atoms with van der Waals surface area (Å²) in [6.07, 6.45) is -8.35. The average Bonchev–Trinajstić information content (AvgIpc) is 2.47. The van der Waals surface area contributed by atoms with E-state index in [-0.39, 0.29) is 29.4 Å². The molecule has 130 valence electrons. The SMILES string of the molecule is FC(F)(F)c1cnc(CCNc2ccccc2C(F)(F)F)c(Cl)c1. The van der Waals surface area contributed by atoms with Crippen LogP contribution in [0.25, 0.3) is 0 Å². The Kier molecular flexibility index (Phi) is 5.27. The van der Waals surface area contributed by atoms with E-state index in [1.807, 2.05) is 0 Å². The summed E-state index contributed by atoms with van der Waals surface area (Å²) in [5, 5.41) is 2.41. The molecule has 0 atom stereocenters. The Morgan fingerprint density at radius 1 is 1.00 bits per heavy atom. The van der Waals surface area contributed by atoms with E-state index in [9.17, 15) is 26.3 Å². The van der Waals surface area contributed by atoms with Gasteiger partial charge in [0, 0.05) is 24.8 Å². The number of anilines is 1. The van der Waals surface area contributed by atoms with Crippen LogP contribution in [-0.4, -0.2) is 11.5 Å². The summed E-state index contributed by atoms with van der Waals surface area (Å²) in [5.74, 6) is 0. The van der Waals surface area contributed by atoms with Crippen molar-refractivity contribution in [1.82, 2.24) is 4.98 Å². The molecule has 0 spiro atoms. The van der Waals surface area contributed by atoms with Gasteiger partial charge < -0.3 is 5.32 Å². The fraction of sp³-hybridized carbons (Fsp3) is 0.267. The molecule has 2 aromatic rings. The summed E-state index contributed by atoms with van der Waals surface area (Å²) in [4.78, 5) is 3.63. The molecular weight excluding hydrogens is 358 g/mol. The second kappa shape index (κ2) is 6.88. The van der Waals surface area contributed by atoms with Gasteiger partial charge in [-0.1, -0.05) is 23.7 Å². The van der Waals surface area contributed by atoms with Crippen molar-refractivity contribution in [1.29, 1.82) is 0 Å². The van der Waals surface area contributed by atoms with Gasteiger partial charge >= 0.3 is 12.4 Å². The minimum atomic E-state index is -4.56. The maximum Gasteiger partial charge on any atom is 0.418 e. The summed E-state index contributed by atoms with van der Waals surface area (Å²) in [6.45, 7) is 0.0329. The first-order chi connectivity index (χ1) is 11.1. The van der Waals surface area contributed by atoms with Crippen LogP contribution in [0.15, 0.2) is 36.5 Å². The third-order valence-electron chi connectivity index (χ3n) is 3.15. The van der Waals surface area contributed by atoms with Gasteiger partial charge in [0.1, 0.15) is 0 Å². The van der Waals surface area contributed by atoms with Crippen LogP contribution in [0.1, 0.15) is 16.8 Å². The van der Waals surface area contributed by atoms with Crippen LogP contribution in [0.5, 0.6) is 0 Å². The average molecular weight is 369 g/mol. The van der Waals surface area contributed by atoms with E-state index in [1.54, 1.807) is 0 Å². The number of alkyl halides is 6. The maximum atomic E-state index is 12.8. The van der Waals surface area contributed by atoms with Crippen LogP contribution in [-0.2, 0) is 18.8 Å². The standard InChI is InChI=1S/C15H11ClF6N2/c16-11-7-9(14(17,18)19)8-24-13(11)5-6-23-12-4-2-1-3-10(12)15(20,21)22/h1-4,7-8,23H,5-6H2. The zero-order valence-electron chi connectivity index (χ0n) is 12.0. The Labute approximate surface area is 138 Å². The minimum Gasteiger partial charge on any atom is -0.384 e. The van der Waals surface area contributed by atoms with E-state index in [0.29, 0.717) is 6.20 Å². The highest BCUT2D eigenvalue weighted by Crippen LogP contribution is 2.34. The second-order valence-corrected chi connectivity index (χ2v) is 5.28. The number of pyridine rings is 1. The first-order valence-corrected chi connectivity index (χ1v) is 7.08. The van der Waals surface area contributed by atoms with Gasteiger partial charge in [-0.3, -0.25) is 4.98 Å². The molecule has 1 heterocycles. The number of benzene rings is 1. The Morgan fingerprint density at radius 3 is 2.25 bits per heavy atom. The number of hydrogen-bond donors (Lipinski definition) is 1. The maximum absolute atomic E-state index is 12.8. The first kappa shape index (κ1) is 18.4. The van der Waals surface area contributed by atoms with Crippen molar-refractivity contribution in [3.63, 3.8) is 0 Å². The highest BCUT2D eigenvalue weighted by atomic mass is 35.5. The lowest BCUT2D eigenvalue weighted by atomic mass is 10.1. The molecular formula is C15H11ClF6N2. The molecule has 1 aromatic carbocycles.